The van der Waals surface area contributed by atoms with Crippen molar-refractivity contribution < 1.29 is 14.3 Å². The van der Waals surface area contributed by atoms with Crippen molar-refractivity contribution in [2.75, 3.05) is 11.6 Å². The van der Waals surface area contributed by atoms with Crippen molar-refractivity contribution in [3.8, 4) is 0 Å². The number of amides is 1. The summed E-state index contributed by atoms with van der Waals surface area (Å²) < 4.78 is 14.0. The van der Waals surface area contributed by atoms with Gasteiger partial charge in [0.1, 0.15) is 18.7 Å². The zero-order chi connectivity index (χ0) is 20.1. The SMILES string of the molecule is CC1=C(N2CN(c3ccc(F)cc3C3CC3)c3ccccc3C2=O)C=CC(O)N1. The third kappa shape index (κ3) is 3.09. The summed E-state index contributed by atoms with van der Waals surface area (Å²) in [6, 6.07) is 12.4. The first-order chi connectivity index (χ1) is 14.0. The molecule has 1 unspecified atom stereocenters. The van der Waals surface area contributed by atoms with Crippen molar-refractivity contribution in [1.29, 1.82) is 0 Å². The monoisotopic (exact) mass is 391 g/mol. The highest BCUT2D eigenvalue weighted by Crippen LogP contribution is 2.47. The summed E-state index contributed by atoms with van der Waals surface area (Å²) in [7, 11) is 0. The van der Waals surface area contributed by atoms with Gasteiger partial charge in [0.05, 0.1) is 16.9 Å². The normalized spacial score (nSPS) is 21.3. The molecule has 2 heterocycles. The Morgan fingerprint density at radius 2 is 1.90 bits per heavy atom. The maximum Gasteiger partial charge on any atom is 0.261 e. The zero-order valence-corrected chi connectivity index (χ0v) is 16.1. The van der Waals surface area contributed by atoms with Crippen molar-refractivity contribution in [3.63, 3.8) is 0 Å². The summed E-state index contributed by atoms with van der Waals surface area (Å²) in [4.78, 5) is 17.1. The second-order valence-electron chi connectivity index (χ2n) is 7.76. The van der Waals surface area contributed by atoms with Crippen LogP contribution >= 0.6 is 0 Å². The lowest BCUT2D eigenvalue weighted by Crippen LogP contribution is -2.46. The van der Waals surface area contributed by atoms with Crippen LogP contribution in [0.1, 0.15) is 41.6 Å². The number of fused-ring (bicyclic) bond motifs is 1. The fourth-order valence-corrected chi connectivity index (χ4v) is 4.14. The molecule has 0 bridgehead atoms. The Hall–Kier alpha value is -3.12. The first-order valence-electron chi connectivity index (χ1n) is 9.84. The summed E-state index contributed by atoms with van der Waals surface area (Å²) in [6.07, 6.45) is 4.74. The Morgan fingerprint density at radius 1 is 1.10 bits per heavy atom. The van der Waals surface area contributed by atoms with Crippen molar-refractivity contribution in [2.45, 2.75) is 31.9 Å². The molecule has 1 atom stereocenters. The lowest BCUT2D eigenvalue weighted by molar-refractivity contribution is 0.0797. The molecule has 2 aliphatic heterocycles. The van der Waals surface area contributed by atoms with Crippen LogP contribution in [0, 0.1) is 5.82 Å². The average molecular weight is 391 g/mol. The van der Waals surface area contributed by atoms with Crippen LogP contribution < -0.4 is 10.2 Å². The summed E-state index contributed by atoms with van der Waals surface area (Å²) in [6.45, 7) is 2.16. The molecule has 5 rings (SSSR count). The van der Waals surface area contributed by atoms with Gasteiger partial charge in [-0.2, -0.15) is 0 Å². The molecular weight excluding hydrogens is 369 g/mol. The van der Waals surface area contributed by atoms with Crippen LogP contribution in [-0.2, 0) is 0 Å². The second kappa shape index (κ2) is 6.74. The van der Waals surface area contributed by atoms with Crippen LogP contribution in [0.2, 0.25) is 0 Å². The lowest BCUT2D eigenvalue weighted by atomic mass is 10.0. The molecule has 0 saturated heterocycles. The van der Waals surface area contributed by atoms with Crippen LogP contribution in [0.4, 0.5) is 15.8 Å². The molecule has 1 aliphatic carbocycles. The Balaban J connectivity index is 1.63. The molecule has 2 aromatic rings. The first-order valence-corrected chi connectivity index (χ1v) is 9.84. The number of rotatable bonds is 3. The first kappa shape index (κ1) is 17.9. The van der Waals surface area contributed by atoms with Gasteiger partial charge in [-0.25, -0.2) is 4.39 Å². The van der Waals surface area contributed by atoms with Crippen molar-refractivity contribution in [3.05, 3.63) is 83.0 Å². The van der Waals surface area contributed by atoms with Gasteiger partial charge in [-0.15, -0.1) is 0 Å². The fraction of sp³-hybridized carbons (Fsp3) is 0.261. The van der Waals surface area contributed by atoms with Crippen molar-refractivity contribution in [2.24, 2.45) is 0 Å². The number of carbonyl (C=O) groups is 1. The topological polar surface area (TPSA) is 55.8 Å². The highest BCUT2D eigenvalue weighted by Gasteiger charge is 2.35. The van der Waals surface area contributed by atoms with Crippen molar-refractivity contribution in [1.82, 2.24) is 10.2 Å². The van der Waals surface area contributed by atoms with Crippen LogP contribution in [-0.4, -0.2) is 28.8 Å². The summed E-state index contributed by atoms with van der Waals surface area (Å²) in [5.41, 5.74) is 4.81. The Kier molecular flexibility index (Phi) is 4.17. The Labute approximate surface area is 168 Å². The standard InChI is InChI=1S/C23H22FN3O2/c1-14-19(10-11-22(28)25-14)27-13-26(20-5-3-2-4-17(20)23(27)29)21-9-8-16(24)12-18(21)15-6-7-15/h2-5,8-12,15,22,25,28H,6-7,13H2,1H3. The molecule has 0 aromatic heterocycles. The summed E-state index contributed by atoms with van der Waals surface area (Å²) in [5.74, 6) is 0.0382. The van der Waals surface area contributed by atoms with E-state index in [2.05, 4.69) is 10.2 Å². The van der Waals surface area contributed by atoms with Gasteiger partial charge < -0.3 is 15.3 Å². The molecule has 2 N–H and O–H groups in total. The van der Waals surface area contributed by atoms with E-state index in [1.54, 1.807) is 23.1 Å². The van der Waals surface area contributed by atoms with Crippen molar-refractivity contribution >= 4 is 17.3 Å². The molecule has 29 heavy (non-hydrogen) atoms. The molecule has 6 heteroatoms. The van der Waals surface area contributed by atoms with Gasteiger partial charge in [-0.05, 0) is 73.7 Å². The minimum absolute atomic E-state index is 0.0934. The van der Waals surface area contributed by atoms with E-state index in [0.717, 1.165) is 41.2 Å². The van der Waals surface area contributed by atoms with Gasteiger partial charge in [-0.3, -0.25) is 9.69 Å². The molecule has 148 valence electrons. The molecule has 0 radical (unpaired) electrons. The number of allylic oxidation sites excluding steroid dienone is 2. The number of dihydropyridines is 1. The van der Waals surface area contributed by atoms with Gasteiger partial charge in [0.15, 0.2) is 0 Å². The number of carbonyl (C=O) groups excluding carboxylic acids is 1. The van der Waals surface area contributed by atoms with Crippen LogP contribution in [0.15, 0.2) is 66.0 Å². The molecule has 3 aliphatic rings. The Morgan fingerprint density at radius 3 is 2.66 bits per heavy atom. The quantitative estimate of drug-likeness (QED) is 0.832. The lowest BCUT2D eigenvalue weighted by Gasteiger charge is -2.40. The molecular formula is C23H22FN3O2. The van der Waals surface area contributed by atoms with E-state index in [9.17, 15) is 14.3 Å². The number of nitrogens with zero attached hydrogens (tertiary/aromatic N) is 2. The fourth-order valence-electron chi connectivity index (χ4n) is 4.14. The second-order valence-corrected chi connectivity index (χ2v) is 7.76. The molecule has 1 saturated carbocycles. The third-order valence-corrected chi connectivity index (χ3v) is 5.73. The van der Waals surface area contributed by atoms with E-state index in [4.69, 9.17) is 0 Å². The molecule has 0 spiro atoms. The van der Waals surface area contributed by atoms with Gasteiger partial charge in [0, 0.05) is 11.4 Å². The van der Waals surface area contributed by atoms with Gasteiger partial charge in [-0.1, -0.05) is 12.1 Å². The predicted molar refractivity (Wildman–Crippen MR) is 109 cm³/mol. The van der Waals surface area contributed by atoms with E-state index in [1.165, 1.54) is 6.07 Å². The van der Waals surface area contributed by atoms with Gasteiger partial charge in [0.25, 0.3) is 5.91 Å². The highest BCUT2D eigenvalue weighted by atomic mass is 19.1. The number of hydrogen-bond donors (Lipinski definition) is 2. The smallest absolute Gasteiger partial charge is 0.261 e. The number of nitrogens with one attached hydrogen (secondary N) is 1. The third-order valence-electron chi connectivity index (χ3n) is 5.73. The highest BCUT2D eigenvalue weighted by molar-refractivity contribution is 6.04. The molecule has 5 nitrogen and oxygen atoms in total. The molecule has 1 fully saturated rings. The van der Waals surface area contributed by atoms with E-state index in [0.29, 0.717) is 18.2 Å². The van der Waals surface area contributed by atoms with E-state index in [1.807, 2.05) is 37.3 Å². The summed E-state index contributed by atoms with van der Waals surface area (Å²) >= 11 is 0. The van der Waals surface area contributed by atoms with Gasteiger partial charge in [0.2, 0.25) is 0 Å². The molecule has 1 amide bonds. The number of para-hydroxylation sites is 1. The average Bonchev–Trinajstić information content (AvgIpc) is 3.55. The largest absolute Gasteiger partial charge is 0.370 e. The van der Waals surface area contributed by atoms with Crippen LogP contribution in [0.5, 0.6) is 0 Å². The van der Waals surface area contributed by atoms with E-state index < -0.39 is 6.23 Å². The number of halogens is 1. The van der Waals surface area contributed by atoms with E-state index in [-0.39, 0.29) is 11.7 Å². The maximum absolute atomic E-state index is 14.0. The number of aliphatic hydroxyl groups excluding tert-OH is 1. The molecule has 2 aromatic carbocycles. The maximum atomic E-state index is 14.0. The van der Waals surface area contributed by atoms with Crippen LogP contribution in [0.25, 0.3) is 0 Å². The summed E-state index contributed by atoms with van der Waals surface area (Å²) in [5, 5.41) is 12.8. The minimum Gasteiger partial charge on any atom is -0.370 e. The predicted octanol–water partition coefficient (Wildman–Crippen LogP) is 3.96. The van der Waals surface area contributed by atoms with Crippen LogP contribution in [0.3, 0.4) is 0 Å². The van der Waals surface area contributed by atoms with Gasteiger partial charge >= 0.3 is 0 Å². The number of hydrogen-bond acceptors (Lipinski definition) is 4. The zero-order valence-electron chi connectivity index (χ0n) is 16.1. The number of benzene rings is 2. The Bertz CT molecular complexity index is 1060. The minimum atomic E-state index is -0.763. The van der Waals surface area contributed by atoms with E-state index >= 15 is 0 Å². The number of aliphatic hydroxyl groups is 1. The number of anilines is 2.